The van der Waals surface area contributed by atoms with Gasteiger partial charge in [-0.15, -0.1) is 0 Å². The summed E-state index contributed by atoms with van der Waals surface area (Å²) in [5.74, 6) is -0.647. The second-order valence-electron chi connectivity index (χ2n) is 4.40. The van der Waals surface area contributed by atoms with Crippen molar-refractivity contribution in [2.24, 2.45) is 0 Å². The van der Waals surface area contributed by atoms with Crippen LogP contribution in [0.5, 0.6) is 0 Å². The summed E-state index contributed by atoms with van der Waals surface area (Å²) in [4.78, 5) is 11.5. The quantitative estimate of drug-likeness (QED) is 0.349. The van der Waals surface area contributed by atoms with Crippen LogP contribution in [0.4, 0.5) is 5.69 Å². The van der Waals surface area contributed by atoms with E-state index in [9.17, 15) is 18.4 Å². The fourth-order valence-electron chi connectivity index (χ4n) is 1.59. The van der Waals surface area contributed by atoms with Crippen LogP contribution >= 0.6 is 0 Å². The van der Waals surface area contributed by atoms with Crippen molar-refractivity contribution in [1.29, 1.82) is 0 Å². The molecule has 0 spiro atoms. The molecule has 21 heavy (non-hydrogen) atoms. The Balaban J connectivity index is 2.97. The molecule has 0 radical (unpaired) electrons. The molecular formula is C14H20N2O4S. The predicted molar refractivity (Wildman–Crippen MR) is 80.6 cm³/mol. The number of allylic oxidation sites excluding steroid dienone is 1. The Hall–Kier alpha value is -1.70. The normalized spacial score (nSPS) is 11.8. The first-order chi connectivity index (χ1) is 9.92. The number of carbonyl (C=O) groups excluding carboxylic acids is 1. The molecule has 0 bridgehead atoms. The number of hydrogen-bond acceptors (Lipinski definition) is 4. The molecular weight excluding hydrogens is 292 g/mol. The molecule has 0 fully saturated rings. The molecule has 6 nitrogen and oxygen atoms in total. The fourth-order valence-corrected chi connectivity index (χ4v) is 2.70. The summed E-state index contributed by atoms with van der Waals surface area (Å²) >= 11 is 0. The van der Waals surface area contributed by atoms with Crippen molar-refractivity contribution in [2.45, 2.75) is 31.6 Å². The molecule has 0 heterocycles. The molecule has 1 aromatic carbocycles. The molecule has 1 aromatic rings. The van der Waals surface area contributed by atoms with Crippen LogP contribution in [0.3, 0.4) is 0 Å². The summed E-state index contributed by atoms with van der Waals surface area (Å²) in [7, 11) is -3.64. The number of hydroxylamine groups is 1. The van der Waals surface area contributed by atoms with Gasteiger partial charge >= 0.3 is 0 Å². The first-order valence-electron chi connectivity index (χ1n) is 6.67. The van der Waals surface area contributed by atoms with Crippen LogP contribution in [0.2, 0.25) is 0 Å². The number of rotatable bonds is 7. The van der Waals surface area contributed by atoms with E-state index in [-0.39, 0.29) is 10.6 Å². The zero-order chi connectivity index (χ0) is 15.9. The molecule has 0 saturated heterocycles. The molecule has 1 rings (SSSR count). The molecule has 0 aromatic heterocycles. The van der Waals surface area contributed by atoms with Crippen LogP contribution in [0.1, 0.15) is 26.7 Å². The average Bonchev–Trinajstić information content (AvgIpc) is 2.47. The second-order valence-corrected chi connectivity index (χ2v) is 6.17. The summed E-state index contributed by atoms with van der Waals surface area (Å²) in [6.45, 7) is 3.96. The van der Waals surface area contributed by atoms with E-state index in [2.05, 4.69) is 4.72 Å². The zero-order valence-electron chi connectivity index (χ0n) is 12.1. The van der Waals surface area contributed by atoms with E-state index < -0.39 is 15.9 Å². The van der Waals surface area contributed by atoms with Gasteiger partial charge in [0.05, 0.1) is 10.6 Å². The van der Waals surface area contributed by atoms with Crippen LogP contribution in [0.15, 0.2) is 41.3 Å². The Bertz CT molecular complexity index is 611. The Morgan fingerprint density at radius 2 is 2.14 bits per heavy atom. The van der Waals surface area contributed by atoms with Gasteiger partial charge in [-0.05, 0) is 31.5 Å². The first kappa shape index (κ1) is 17.4. The minimum atomic E-state index is -3.64. The number of sulfonamides is 1. The van der Waals surface area contributed by atoms with E-state index in [1.54, 1.807) is 6.92 Å². The number of carbonyl (C=O) groups is 1. The number of hydrogen-bond donors (Lipinski definition) is 2. The smallest absolute Gasteiger partial charge is 0.274 e. The van der Waals surface area contributed by atoms with Gasteiger partial charge in [-0.25, -0.2) is 13.1 Å². The lowest BCUT2D eigenvalue weighted by atomic mass is 10.3. The Morgan fingerprint density at radius 3 is 2.76 bits per heavy atom. The summed E-state index contributed by atoms with van der Waals surface area (Å²) in [5.41, 5.74) is 0.0940. The Morgan fingerprint density at radius 1 is 1.43 bits per heavy atom. The first-order valence-corrected chi connectivity index (χ1v) is 8.16. The van der Waals surface area contributed by atoms with Gasteiger partial charge in [0, 0.05) is 12.6 Å². The lowest BCUT2D eigenvalue weighted by Gasteiger charge is -2.14. The van der Waals surface area contributed by atoms with Gasteiger partial charge in [0.2, 0.25) is 10.0 Å². The van der Waals surface area contributed by atoms with Gasteiger partial charge in [-0.3, -0.25) is 10.0 Å². The summed E-state index contributed by atoms with van der Waals surface area (Å²) in [6, 6.07) is 5.57. The van der Waals surface area contributed by atoms with E-state index in [1.165, 1.54) is 36.4 Å². The van der Waals surface area contributed by atoms with Crippen LogP contribution in [-0.2, 0) is 14.8 Å². The SMILES string of the molecule is C/C=C/C(=O)N(O)c1cccc(S(=O)(=O)NCCCC)c1. The van der Waals surface area contributed by atoms with E-state index in [4.69, 9.17) is 0 Å². The third-order valence-corrected chi connectivity index (χ3v) is 4.17. The van der Waals surface area contributed by atoms with Gasteiger partial charge in [-0.1, -0.05) is 25.5 Å². The van der Waals surface area contributed by atoms with Crippen LogP contribution < -0.4 is 9.79 Å². The van der Waals surface area contributed by atoms with Crippen molar-refractivity contribution >= 4 is 21.6 Å². The molecule has 0 atom stereocenters. The lowest BCUT2D eigenvalue weighted by molar-refractivity contribution is -0.118. The van der Waals surface area contributed by atoms with E-state index in [1.807, 2.05) is 6.92 Å². The number of nitrogens with zero attached hydrogens (tertiary/aromatic N) is 1. The van der Waals surface area contributed by atoms with E-state index >= 15 is 0 Å². The Kier molecular flexibility index (Phi) is 6.54. The number of amides is 1. The fraction of sp³-hybridized carbons (Fsp3) is 0.357. The zero-order valence-corrected chi connectivity index (χ0v) is 12.9. The third-order valence-electron chi connectivity index (χ3n) is 2.71. The largest absolute Gasteiger partial charge is 0.281 e. The van der Waals surface area contributed by atoms with Crippen molar-refractivity contribution in [3.63, 3.8) is 0 Å². The van der Waals surface area contributed by atoms with Gasteiger partial charge < -0.3 is 0 Å². The summed E-state index contributed by atoms with van der Waals surface area (Å²) < 4.78 is 26.6. The molecule has 2 N–H and O–H groups in total. The van der Waals surface area contributed by atoms with Gasteiger partial charge in [-0.2, -0.15) is 5.06 Å². The van der Waals surface area contributed by atoms with Crippen molar-refractivity contribution in [3.05, 3.63) is 36.4 Å². The average molecular weight is 312 g/mol. The number of nitrogens with one attached hydrogen (secondary N) is 1. The number of anilines is 1. The number of unbranched alkanes of at least 4 members (excludes halogenated alkanes) is 1. The van der Waals surface area contributed by atoms with Crippen molar-refractivity contribution < 1.29 is 18.4 Å². The summed E-state index contributed by atoms with van der Waals surface area (Å²) in [6.07, 6.45) is 4.29. The molecule has 0 aliphatic rings. The molecule has 116 valence electrons. The lowest BCUT2D eigenvalue weighted by Crippen LogP contribution is -2.27. The molecule has 1 amide bonds. The van der Waals surface area contributed by atoms with E-state index in [0.29, 0.717) is 11.6 Å². The Labute approximate surface area is 125 Å². The van der Waals surface area contributed by atoms with Gasteiger partial charge in [0.1, 0.15) is 0 Å². The second kappa shape index (κ2) is 7.92. The highest BCUT2D eigenvalue weighted by Gasteiger charge is 2.16. The van der Waals surface area contributed by atoms with Crippen LogP contribution in [0.25, 0.3) is 0 Å². The minimum Gasteiger partial charge on any atom is -0.281 e. The van der Waals surface area contributed by atoms with Gasteiger partial charge in [0.15, 0.2) is 0 Å². The van der Waals surface area contributed by atoms with Crippen molar-refractivity contribution in [3.8, 4) is 0 Å². The van der Waals surface area contributed by atoms with Crippen molar-refractivity contribution in [1.82, 2.24) is 4.72 Å². The highest BCUT2D eigenvalue weighted by molar-refractivity contribution is 7.89. The molecule has 7 heteroatoms. The maximum Gasteiger partial charge on any atom is 0.274 e. The third kappa shape index (κ3) is 4.96. The highest BCUT2D eigenvalue weighted by Crippen LogP contribution is 2.18. The molecule has 0 saturated carbocycles. The maximum absolute atomic E-state index is 12.1. The van der Waals surface area contributed by atoms with E-state index in [0.717, 1.165) is 12.8 Å². The summed E-state index contributed by atoms with van der Waals surface area (Å²) in [5, 5.41) is 10.1. The minimum absolute atomic E-state index is 0.00318. The molecule has 0 unspecified atom stereocenters. The monoisotopic (exact) mass is 312 g/mol. The highest BCUT2D eigenvalue weighted by atomic mass is 32.2. The van der Waals surface area contributed by atoms with Crippen molar-refractivity contribution in [2.75, 3.05) is 11.6 Å². The maximum atomic E-state index is 12.1. The topological polar surface area (TPSA) is 86.7 Å². The van der Waals surface area contributed by atoms with Crippen LogP contribution in [-0.4, -0.2) is 26.1 Å². The molecule has 0 aliphatic heterocycles. The van der Waals surface area contributed by atoms with Crippen LogP contribution in [0, 0.1) is 0 Å². The molecule has 0 aliphatic carbocycles. The standard InChI is InChI=1S/C14H20N2O4S/c1-3-5-10-15-21(19,20)13-9-6-8-12(11-13)16(18)14(17)7-4-2/h4,6-9,11,15,18H,3,5,10H2,1-2H3/b7-4+. The number of benzene rings is 1. The van der Waals surface area contributed by atoms with Gasteiger partial charge in [0.25, 0.3) is 5.91 Å². The predicted octanol–water partition coefficient (Wildman–Crippen LogP) is 2.06.